The Hall–Kier alpha value is -1.53. The average molecular weight is 329 g/mol. The number of rotatable bonds is 5. The van der Waals surface area contributed by atoms with E-state index in [2.05, 4.69) is 0 Å². The van der Waals surface area contributed by atoms with Crippen LogP contribution in [0.25, 0.3) is 0 Å². The molecule has 2 atom stereocenters. The number of ether oxygens (including phenoxy) is 1. The summed E-state index contributed by atoms with van der Waals surface area (Å²) >= 11 is 1.48. The molecule has 1 heterocycles. The Morgan fingerprint density at radius 3 is 2.41 bits per heavy atom. The van der Waals surface area contributed by atoms with Gasteiger partial charge in [-0.1, -0.05) is 26.0 Å². The third kappa shape index (κ3) is 4.01. The maximum absolute atomic E-state index is 12.8. The molecule has 0 amide bonds. The molecule has 0 aliphatic heterocycles. The fourth-order valence-corrected chi connectivity index (χ4v) is 2.83. The predicted octanol–water partition coefficient (Wildman–Crippen LogP) is 4.87. The molecule has 0 radical (unpaired) electrons. The molecule has 0 saturated carbocycles. The van der Waals surface area contributed by atoms with Gasteiger partial charge in [-0.05, 0) is 35.6 Å². The lowest BCUT2D eigenvalue weighted by Crippen LogP contribution is -2.36. The molecule has 1 aromatic heterocycles. The first-order chi connectivity index (χ1) is 10.3. The lowest BCUT2D eigenvalue weighted by Gasteiger charge is -2.27. The number of alkyl halides is 3. The first kappa shape index (κ1) is 16.8. The summed E-state index contributed by atoms with van der Waals surface area (Å²) in [5.74, 6) is 0.308. The number of halogens is 3. The SMILES string of the molecule is CC(C)C(N)C(Oc1cccc(C(F)(F)F)c1)c1cccs1. The molecule has 0 bridgehead atoms. The number of hydrogen-bond acceptors (Lipinski definition) is 3. The highest BCUT2D eigenvalue weighted by molar-refractivity contribution is 7.10. The summed E-state index contributed by atoms with van der Waals surface area (Å²) in [6, 6.07) is 8.32. The summed E-state index contributed by atoms with van der Waals surface area (Å²) in [5.41, 5.74) is 5.45. The van der Waals surface area contributed by atoms with Crippen molar-refractivity contribution in [2.24, 2.45) is 11.7 Å². The molecule has 2 unspecified atom stereocenters. The molecular formula is C16H18F3NOS. The van der Waals surface area contributed by atoms with Crippen molar-refractivity contribution < 1.29 is 17.9 Å². The molecule has 22 heavy (non-hydrogen) atoms. The molecule has 0 saturated heterocycles. The molecule has 0 spiro atoms. The van der Waals surface area contributed by atoms with E-state index in [1.54, 1.807) is 0 Å². The molecule has 2 rings (SSSR count). The van der Waals surface area contributed by atoms with Gasteiger partial charge in [-0.3, -0.25) is 0 Å². The third-order valence-corrected chi connectivity index (χ3v) is 4.30. The minimum absolute atomic E-state index is 0.137. The van der Waals surface area contributed by atoms with Gasteiger partial charge in [0.15, 0.2) is 0 Å². The van der Waals surface area contributed by atoms with Gasteiger partial charge in [-0.15, -0.1) is 11.3 Å². The fraction of sp³-hybridized carbons (Fsp3) is 0.375. The van der Waals surface area contributed by atoms with Crippen LogP contribution in [0.15, 0.2) is 41.8 Å². The predicted molar refractivity (Wildman–Crippen MR) is 81.9 cm³/mol. The highest BCUT2D eigenvalue weighted by atomic mass is 32.1. The molecule has 6 heteroatoms. The van der Waals surface area contributed by atoms with Gasteiger partial charge in [-0.25, -0.2) is 0 Å². The summed E-state index contributed by atoms with van der Waals surface area (Å²) in [6.07, 6.45) is -4.86. The first-order valence-electron chi connectivity index (χ1n) is 6.92. The van der Waals surface area contributed by atoms with Crippen LogP contribution in [0, 0.1) is 5.92 Å². The van der Waals surface area contributed by atoms with E-state index in [1.807, 2.05) is 31.4 Å². The Morgan fingerprint density at radius 1 is 1.14 bits per heavy atom. The maximum Gasteiger partial charge on any atom is 0.416 e. The van der Waals surface area contributed by atoms with E-state index in [9.17, 15) is 13.2 Å². The van der Waals surface area contributed by atoms with Gasteiger partial charge in [0.1, 0.15) is 11.9 Å². The summed E-state index contributed by atoms with van der Waals surface area (Å²) in [6.45, 7) is 3.92. The average Bonchev–Trinajstić information content (AvgIpc) is 2.97. The minimum atomic E-state index is -4.39. The summed E-state index contributed by atoms with van der Waals surface area (Å²) in [5, 5.41) is 1.89. The smallest absolute Gasteiger partial charge is 0.416 e. The Morgan fingerprint density at radius 2 is 1.86 bits per heavy atom. The van der Waals surface area contributed by atoms with Crippen molar-refractivity contribution in [2.45, 2.75) is 32.2 Å². The Kier molecular flexibility index (Phi) is 5.13. The van der Waals surface area contributed by atoms with Gasteiger partial charge in [0, 0.05) is 10.9 Å². The normalized spacial score (nSPS) is 14.9. The topological polar surface area (TPSA) is 35.2 Å². The van der Waals surface area contributed by atoms with Crippen LogP contribution in [0.5, 0.6) is 5.75 Å². The Balaban J connectivity index is 2.28. The van der Waals surface area contributed by atoms with Crippen molar-refractivity contribution in [3.8, 4) is 5.75 Å². The van der Waals surface area contributed by atoms with E-state index >= 15 is 0 Å². The van der Waals surface area contributed by atoms with E-state index in [-0.39, 0.29) is 17.7 Å². The highest BCUT2D eigenvalue weighted by Crippen LogP contribution is 2.34. The zero-order valence-corrected chi connectivity index (χ0v) is 13.1. The van der Waals surface area contributed by atoms with E-state index in [4.69, 9.17) is 10.5 Å². The first-order valence-corrected chi connectivity index (χ1v) is 7.80. The van der Waals surface area contributed by atoms with Gasteiger partial charge >= 0.3 is 6.18 Å². The van der Waals surface area contributed by atoms with Crippen molar-refractivity contribution in [3.63, 3.8) is 0 Å². The van der Waals surface area contributed by atoms with E-state index in [1.165, 1.54) is 23.5 Å². The standard InChI is InChI=1S/C16H18F3NOS/c1-10(2)14(20)15(13-7-4-8-22-13)21-12-6-3-5-11(9-12)16(17,18)19/h3-10,14-15H,20H2,1-2H3. The van der Waals surface area contributed by atoms with Gasteiger partial charge in [0.2, 0.25) is 0 Å². The van der Waals surface area contributed by atoms with Gasteiger partial charge in [0.25, 0.3) is 0 Å². The number of benzene rings is 1. The van der Waals surface area contributed by atoms with Crippen molar-refractivity contribution in [2.75, 3.05) is 0 Å². The van der Waals surface area contributed by atoms with E-state index < -0.39 is 17.8 Å². The number of hydrogen-bond donors (Lipinski definition) is 1. The summed E-state index contributed by atoms with van der Waals surface area (Å²) in [7, 11) is 0. The van der Waals surface area contributed by atoms with Crippen molar-refractivity contribution in [3.05, 3.63) is 52.2 Å². The quantitative estimate of drug-likeness (QED) is 0.849. The monoisotopic (exact) mass is 329 g/mol. The lowest BCUT2D eigenvalue weighted by atomic mass is 9.98. The molecule has 0 aliphatic carbocycles. The zero-order valence-electron chi connectivity index (χ0n) is 12.3. The summed E-state index contributed by atoms with van der Waals surface area (Å²) in [4.78, 5) is 0.901. The van der Waals surface area contributed by atoms with Crippen LogP contribution in [0.1, 0.15) is 30.4 Å². The van der Waals surface area contributed by atoms with Crippen molar-refractivity contribution in [1.82, 2.24) is 0 Å². The fourth-order valence-electron chi connectivity index (χ4n) is 2.02. The lowest BCUT2D eigenvalue weighted by molar-refractivity contribution is -0.137. The molecule has 0 fully saturated rings. The van der Waals surface area contributed by atoms with E-state index in [0.717, 1.165) is 17.0 Å². The van der Waals surface area contributed by atoms with Crippen LogP contribution in [-0.4, -0.2) is 6.04 Å². The molecule has 1 aromatic carbocycles. The largest absolute Gasteiger partial charge is 0.483 e. The minimum Gasteiger partial charge on any atom is -0.483 e. The number of nitrogens with two attached hydrogens (primary N) is 1. The molecule has 0 aliphatic rings. The van der Waals surface area contributed by atoms with Crippen LogP contribution < -0.4 is 10.5 Å². The van der Waals surface area contributed by atoms with Crippen LogP contribution >= 0.6 is 11.3 Å². The molecule has 2 nitrogen and oxygen atoms in total. The maximum atomic E-state index is 12.8. The van der Waals surface area contributed by atoms with Gasteiger partial charge < -0.3 is 10.5 Å². The summed E-state index contributed by atoms with van der Waals surface area (Å²) < 4.78 is 44.2. The molecule has 120 valence electrons. The van der Waals surface area contributed by atoms with Gasteiger partial charge in [0.05, 0.1) is 5.56 Å². The Labute approximate surface area is 131 Å². The number of thiophene rings is 1. The second-order valence-electron chi connectivity index (χ2n) is 5.40. The third-order valence-electron chi connectivity index (χ3n) is 3.37. The molecule has 2 N–H and O–H groups in total. The van der Waals surface area contributed by atoms with Crippen LogP contribution in [0.2, 0.25) is 0 Å². The van der Waals surface area contributed by atoms with Crippen LogP contribution in [-0.2, 0) is 6.18 Å². The second kappa shape index (κ2) is 6.71. The Bertz CT molecular complexity index is 596. The zero-order chi connectivity index (χ0) is 16.3. The van der Waals surface area contributed by atoms with E-state index in [0.29, 0.717) is 0 Å². The molecular weight excluding hydrogens is 311 g/mol. The van der Waals surface area contributed by atoms with Gasteiger partial charge in [-0.2, -0.15) is 13.2 Å². The van der Waals surface area contributed by atoms with Crippen LogP contribution in [0.3, 0.4) is 0 Å². The van der Waals surface area contributed by atoms with Crippen LogP contribution in [0.4, 0.5) is 13.2 Å². The highest BCUT2D eigenvalue weighted by Gasteiger charge is 2.31. The van der Waals surface area contributed by atoms with Crippen molar-refractivity contribution in [1.29, 1.82) is 0 Å². The second-order valence-corrected chi connectivity index (χ2v) is 6.38. The molecule has 2 aromatic rings. The van der Waals surface area contributed by atoms with Crippen molar-refractivity contribution >= 4 is 11.3 Å².